The summed E-state index contributed by atoms with van der Waals surface area (Å²) in [5, 5.41) is 10.4. The van der Waals surface area contributed by atoms with Gasteiger partial charge < -0.3 is 19.3 Å². The number of para-hydroxylation sites is 2. The zero-order chi connectivity index (χ0) is 21.8. The fraction of sp³-hybridized carbons (Fsp3) is 0.348. The summed E-state index contributed by atoms with van der Waals surface area (Å²) in [7, 11) is 0. The van der Waals surface area contributed by atoms with E-state index in [-0.39, 0.29) is 44.4 Å². The number of hydrogen-bond acceptors (Lipinski definition) is 5. The highest BCUT2D eigenvalue weighted by atomic mass is 16.4. The third kappa shape index (κ3) is 4.86. The number of β-amino-alcohol motifs (C(OH)–C–C–N with tert-alkyl or cyclic N) is 1. The summed E-state index contributed by atoms with van der Waals surface area (Å²) in [5.74, 6) is -0.991. The average molecular weight is 423 g/mol. The molecule has 4 rings (SSSR count). The van der Waals surface area contributed by atoms with Gasteiger partial charge in [-0.2, -0.15) is 0 Å². The molecule has 1 aromatic heterocycles. The molecule has 1 fully saturated rings. The average Bonchev–Trinajstić information content (AvgIpc) is 3.01. The maximum absolute atomic E-state index is 12.8. The van der Waals surface area contributed by atoms with Crippen molar-refractivity contribution in [3.8, 4) is 0 Å². The second-order valence-electron chi connectivity index (χ2n) is 7.74. The van der Waals surface area contributed by atoms with Gasteiger partial charge in [0.1, 0.15) is 0 Å². The number of aliphatic hydroxyl groups excluding tert-OH is 1. The summed E-state index contributed by atoms with van der Waals surface area (Å²) in [4.78, 5) is 40.6. The van der Waals surface area contributed by atoms with Crippen LogP contribution in [0.3, 0.4) is 0 Å². The maximum Gasteiger partial charge on any atom is 0.419 e. The van der Waals surface area contributed by atoms with Gasteiger partial charge in [-0.05, 0) is 24.1 Å². The fourth-order valence-electron chi connectivity index (χ4n) is 3.90. The van der Waals surface area contributed by atoms with E-state index in [2.05, 4.69) is 0 Å². The monoisotopic (exact) mass is 423 g/mol. The van der Waals surface area contributed by atoms with Crippen molar-refractivity contribution in [3.63, 3.8) is 0 Å². The van der Waals surface area contributed by atoms with Gasteiger partial charge in [-0.25, -0.2) is 4.79 Å². The fourth-order valence-corrected chi connectivity index (χ4v) is 3.90. The Labute approximate surface area is 179 Å². The zero-order valence-electron chi connectivity index (χ0n) is 17.1. The highest BCUT2D eigenvalue weighted by Crippen LogP contribution is 2.13. The number of carbonyl (C=O) groups is 2. The molecular weight excluding hydrogens is 398 g/mol. The molecule has 1 saturated heterocycles. The van der Waals surface area contributed by atoms with E-state index in [4.69, 9.17) is 4.42 Å². The van der Waals surface area contributed by atoms with Crippen LogP contribution in [0.5, 0.6) is 0 Å². The van der Waals surface area contributed by atoms with Gasteiger partial charge in [-0.3, -0.25) is 14.2 Å². The van der Waals surface area contributed by atoms with Crippen molar-refractivity contribution in [2.45, 2.75) is 25.5 Å². The van der Waals surface area contributed by atoms with Crippen molar-refractivity contribution >= 4 is 22.9 Å². The quantitative estimate of drug-likeness (QED) is 0.644. The van der Waals surface area contributed by atoms with Crippen LogP contribution in [0.25, 0.3) is 11.1 Å². The van der Waals surface area contributed by atoms with Crippen LogP contribution in [0.4, 0.5) is 0 Å². The largest absolute Gasteiger partial charge is 0.419 e. The third-order valence-corrected chi connectivity index (χ3v) is 5.53. The van der Waals surface area contributed by atoms with Crippen LogP contribution in [-0.2, 0) is 22.6 Å². The van der Waals surface area contributed by atoms with E-state index < -0.39 is 11.9 Å². The number of oxazole rings is 1. The van der Waals surface area contributed by atoms with Crippen molar-refractivity contribution < 1.29 is 19.1 Å². The molecule has 0 bridgehead atoms. The number of aromatic nitrogens is 1. The van der Waals surface area contributed by atoms with E-state index in [9.17, 15) is 19.5 Å². The van der Waals surface area contributed by atoms with Gasteiger partial charge in [0, 0.05) is 32.6 Å². The number of amides is 2. The molecule has 2 aromatic carbocycles. The number of aliphatic hydroxyl groups is 1. The van der Waals surface area contributed by atoms with Gasteiger partial charge in [0.15, 0.2) is 5.58 Å². The van der Waals surface area contributed by atoms with Crippen LogP contribution in [0.1, 0.15) is 12.0 Å². The Morgan fingerprint density at radius 2 is 1.74 bits per heavy atom. The van der Waals surface area contributed by atoms with Crippen LogP contribution in [-0.4, -0.2) is 63.6 Å². The molecule has 1 aliphatic rings. The highest BCUT2D eigenvalue weighted by Gasteiger charge is 2.29. The smallest absolute Gasteiger partial charge is 0.408 e. The van der Waals surface area contributed by atoms with Crippen molar-refractivity contribution in [3.05, 3.63) is 70.7 Å². The van der Waals surface area contributed by atoms with E-state index in [0.717, 1.165) is 5.56 Å². The second-order valence-corrected chi connectivity index (χ2v) is 7.74. The molecule has 1 unspecified atom stereocenters. The van der Waals surface area contributed by atoms with Gasteiger partial charge in [0.2, 0.25) is 11.8 Å². The number of carbonyl (C=O) groups excluding carboxylic acids is 2. The molecule has 0 radical (unpaired) electrons. The first kappa shape index (κ1) is 20.9. The van der Waals surface area contributed by atoms with Crippen LogP contribution in [0, 0.1) is 0 Å². The number of nitrogens with zero attached hydrogens (tertiary/aromatic N) is 3. The van der Waals surface area contributed by atoms with Crippen LogP contribution in [0.2, 0.25) is 0 Å². The standard InChI is InChI=1S/C23H25N3O5/c27-18-14-24(12-10-17-6-2-1-3-7-17)22(29)16-25(15-18)21(28)11-13-26-19-8-4-5-9-20(19)31-23(26)30/h1-9,18,27H,10-16H2. The summed E-state index contributed by atoms with van der Waals surface area (Å²) in [5.41, 5.74) is 2.20. The number of benzene rings is 2. The molecule has 2 amide bonds. The van der Waals surface area contributed by atoms with Crippen molar-refractivity contribution in [2.75, 3.05) is 26.2 Å². The lowest BCUT2D eigenvalue weighted by atomic mass is 10.1. The summed E-state index contributed by atoms with van der Waals surface area (Å²) in [6, 6.07) is 16.8. The Morgan fingerprint density at radius 3 is 2.55 bits per heavy atom. The minimum atomic E-state index is -0.816. The lowest BCUT2D eigenvalue weighted by molar-refractivity contribution is -0.138. The van der Waals surface area contributed by atoms with E-state index in [1.807, 2.05) is 30.3 Å². The number of rotatable bonds is 6. The molecule has 31 heavy (non-hydrogen) atoms. The van der Waals surface area contributed by atoms with Crippen molar-refractivity contribution in [2.24, 2.45) is 0 Å². The van der Waals surface area contributed by atoms with Crippen LogP contribution in [0.15, 0.2) is 63.8 Å². The Hall–Kier alpha value is -3.39. The molecule has 0 saturated carbocycles. The van der Waals surface area contributed by atoms with E-state index in [0.29, 0.717) is 24.1 Å². The first-order valence-electron chi connectivity index (χ1n) is 10.4. The molecule has 0 spiro atoms. The summed E-state index contributed by atoms with van der Waals surface area (Å²) in [6.45, 7) is 0.839. The van der Waals surface area contributed by atoms with Crippen molar-refractivity contribution in [1.82, 2.24) is 14.4 Å². The summed E-state index contributed by atoms with van der Waals surface area (Å²) in [6.07, 6.45) is -0.0966. The molecule has 1 atom stereocenters. The first-order chi connectivity index (χ1) is 15.0. The van der Waals surface area contributed by atoms with E-state index in [1.54, 1.807) is 29.2 Å². The summed E-state index contributed by atoms with van der Waals surface area (Å²) < 4.78 is 6.60. The Kier molecular flexibility index (Phi) is 6.18. The molecule has 8 heteroatoms. The summed E-state index contributed by atoms with van der Waals surface area (Å²) >= 11 is 0. The lowest BCUT2D eigenvalue weighted by Gasteiger charge is -2.22. The Balaban J connectivity index is 1.38. The van der Waals surface area contributed by atoms with E-state index in [1.165, 1.54) is 9.47 Å². The zero-order valence-corrected chi connectivity index (χ0v) is 17.1. The predicted molar refractivity (Wildman–Crippen MR) is 114 cm³/mol. The Bertz CT molecular complexity index is 1120. The Morgan fingerprint density at radius 1 is 1.00 bits per heavy atom. The maximum atomic E-state index is 12.8. The van der Waals surface area contributed by atoms with Gasteiger partial charge in [0.05, 0.1) is 18.2 Å². The van der Waals surface area contributed by atoms with Gasteiger partial charge in [-0.1, -0.05) is 42.5 Å². The number of aryl methyl sites for hydroxylation is 1. The van der Waals surface area contributed by atoms with Gasteiger partial charge >= 0.3 is 5.76 Å². The molecule has 1 aliphatic heterocycles. The highest BCUT2D eigenvalue weighted by molar-refractivity contribution is 5.85. The minimum Gasteiger partial charge on any atom is -0.408 e. The third-order valence-electron chi connectivity index (χ3n) is 5.53. The van der Waals surface area contributed by atoms with Gasteiger partial charge in [-0.15, -0.1) is 0 Å². The minimum absolute atomic E-state index is 0.0352. The number of fused-ring (bicyclic) bond motifs is 1. The SMILES string of the molecule is O=C1CN(C(=O)CCn2c(=O)oc3ccccc32)CC(O)CN1CCc1ccccc1. The topological polar surface area (TPSA) is 96.0 Å². The predicted octanol–water partition coefficient (Wildman–Crippen LogP) is 1.26. The molecule has 8 nitrogen and oxygen atoms in total. The number of hydrogen-bond donors (Lipinski definition) is 1. The molecule has 2 heterocycles. The molecule has 0 aliphatic carbocycles. The molecule has 3 aromatic rings. The molecule has 1 N–H and O–H groups in total. The normalized spacial score (nSPS) is 17.2. The molecule has 162 valence electrons. The van der Waals surface area contributed by atoms with Gasteiger partial charge in [0.25, 0.3) is 0 Å². The second kappa shape index (κ2) is 9.18. The molecular formula is C23H25N3O5. The van der Waals surface area contributed by atoms with Crippen LogP contribution >= 0.6 is 0 Å². The van der Waals surface area contributed by atoms with Crippen molar-refractivity contribution in [1.29, 1.82) is 0 Å². The van der Waals surface area contributed by atoms with Crippen LogP contribution < -0.4 is 5.76 Å². The first-order valence-corrected chi connectivity index (χ1v) is 10.4. The van der Waals surface area contributed by atoms with E-state index >= 15 is 0 Å². The lowest BCUT2D eigenvalue weighted by Crippen LogP contribution is -2.40.